The molecular formula is C22H30N4O. The van der Waals surface area contributed by atoms with Gasteiger partial charge in [-0.15, -0.1) is 0 Å². The molecule has 1 unspecified atom stereocenters. The van der Waals surface area contributed by atoms with Crippen molar-refractivity contribution in [3.63, 3.8) is 0 Å². The molecule has 0 saturated carbocycles. The highest BCUT2D eigenvalue weighted by Crippen LogP contribution is 2.24. The van der Waals surface area contributed by atoms with E-state index < -0.39 is 0 Å². The Labute approximate surface area is 162 Å². The molecule has 2 aromatic rings. The van der Waals surface area contributed by atoms with Gasteiger partial charge in [-0.1, -0.05) is 43.3 Å². The molecule has 0 radical (unpaired) electrons. The third kappa shape index (κ3) is 5.30. The fourth-order valence-electron chi connectivity index (χ4n) is 3.72. The largest absolute Gasteiger partial charge is 0.369 e. The number of primary amides is 1. The lowest BCUT2D eigenvalue weighted by Crippen LogP contribution is -2.39. The fourth-order valence-corrected chi connectivity index (χ4v) is 3.72. The van der Waals surface area contributed by atoms with Crippen LogP contribution in [0.3, 0.4) is 0 Å². The summed E-state index contributed by atoms with van der Waals surface area (Å²) in [6.45, 7) is 5.72. The number of nitrogens with one attached hydrogen (secondary N) is 1. The molecule has 1 amide bonds. The van der Waals surface area contributed by atoms with Crippen LogP contribution in [0.25, 0.3) is 0 Å². The molecule has 1 aromatic heterocycles. The number of hydrogen-bond donors (Lipinski definition) is 2. The number of nitrogens with two attached hydrogens (primary N) is 1. The summed E-state index contributed by atoms with van der Waals surface area (Å²) in [7, 11) is 0. The van der Waals surface area contributed by atoms with Crippen LogP contribution >= 0.6 is 0 Å². The molecule has 144 valence electrons. The van der Waals surface area contributed by atoms with Crippen LogP contribution in [0.4, 0.5) is 5.82 Å². The first-order valence-corrected chi connectivity index (χ1v) is 9.89. The van der Waals surface area contributed by atoms with Gasteiger partial charge >= 0.3 is 0 Å². The summed E-state index contributed by atoms with van der Waals surface area (Å²) in [5, 5.41) is 3.57. The third-order valence-electron chi connectivity index (χ3n) is 5.50. The van der Waals surface area contributed by atoms with E-state index in [9.17, 15) is 4.79 Å². The van der Waals surface area contributed by atoms with Crippen molar-refractivity contribution in [1.82, 2.24) is 10.3 Å². The number of rotatable bonds is 8. The Balaban J connectivity index is 1.50. The Bertz CT molecular complexity index is 726. The van der Waals surface area contributed by atoms with Crippen LogP contribution in [-0.2, 0) is 11.3 Å². The molecule has 0 bridgehead atoms. The SMILES string of the molecule is CC(CCNCc1cccnc1N1CCC(C(N)=O)CC1)c1ccccc1. The number of carbonyl (C=O) groups is 1. The van der Waals surface area contributed by atoms with Crippen molar-refractivity contribution in [3.8, 4) is 0 Å². The van der Waals surface area contributed by atoms with E-state index in [1.807, 2.05) is 12.3 Å². The number of nitrogens with zero attached hydrogens (tertiary/aromatic N) is 2. The number of anilines is 1. The van der Waals surface area contributed by atoms with Crippen molar-refractivity contribution in [2.24, 2.45) is 11.7 Å². The minimum absolute atomic E-state index is 0.00557. The number of amides is 1. The summed E-state index contributed by atoms with van der Waals surface area (Å²) in [4.78, 5) is 18.3. The van der Waals surface area contributed by atoms with Crippen LogP contribution < -0.4 is 16.0 Å². The standard InChI is InChI=1S/C22H30N4O/c1-17(18-6-3-2-4-7-18)9-13-24-16-20-8-5-12-25-22(20)26-14-10-19(11-15-26)21(23)27/h2-8,12,17,19,24H,9-11,13-16H2,1H3,(H2,23,27). The van der Waals surface area contributed by atoms with Gasteiger partial charge in [0.05, 0.1) is 0 Å². The summed E-state index contributed by atoms with van der Waals surface area (Å²) in [5.74, 6) is 1.40. The molecule has 0 aliphatic carbocycles. The van der Waals surface area contributed by atoms with Gasteiger partial charge < -0.3 is 16.0 Å². The summed E-state index contributed by atoms with van der Waals surface area (Å²) < 4.78 is 0. The maximum atomic E-state index is 11.4. The van der Waals surface area contributed by atoms with Crippen molar-refractivity contribution in [2.45, 2.75) is 38.6 Å². The zero-order chi connectivity index (χ0) is 19.1. The molecule has 1 aliphatic rings. The molecular weight excluding hydrogens is 336 g/mol. The maximum absolute atomic E-state index is 11.4. The summed E-state index contributed by atoms with van der Waals surface area (Å²) in [6, 6.07) is 14.8. The first-order valence-electron chi connectivity index (χ1n) is 9.89. The van der Waals surface area contributed by atoms with Crippen LogP contribution in [-0.4, -0.2) is 30.5 Å². The molecule has 2 heterocycles. The van der Waals surface area contributed by atoms with Gasteiger partial charge in [-0.3, -0.25) is 4.79 Å². The van der Waals surface area contributed by atoms with Gasteiger partial charge in [0.25, 0.3) is 0 Å². The van der Waals surface area contributed by atoms with Gasteiger partial charge in [0.1, 0.15) is 5.82 Å². The summed E-state index contributed by atoms with van der Waals surface area (Å²) >= 11 is 0. The van der Waals surface area contributed by atoms with E-state index in [4.69, 9.17) is 5.73 Å². The highest BCUT2D eigenvalue weighted by Gasteiger charge is 2.24. The monoisotopic (exact) mass is 366 g/mol. The maximum Gasteiger partial charge on any atom is 0.220 e. The van der Waals surface area contributed by atoms with Gasteiger partial charge in [-0.25, -0.2) is 4.98 Å². The molecule has 1 fully saturated rings. The molecule has 1 aliphatic heterocycles. The lowest BCUT2D eigenvalue weighted by molar-refractivity contribution is -0.122. The van der Waals surface area contributed by atoms with Crippen molar-refractivity contribution in [3.05, 3.63) is 59.8 Å². The van der Waals surface area contributed by atoms with E-state index in [1.165, 1.54) is 11.1 Å². The molecule has 5 heteroatoms. The zero-order valence-corrected chi connectivity index (χ0v) is 16.1. The summed E-state index contributed by atoms with van der Waals surface area (Å²) in [6.07, 6.45) is 4.57. The quantitative estimate of drug-likeness (QED) is 0.705. The Morgan fingerprint density at radius 3 is 2.67 bits per heavy atom. The second-order valence-electron chi connectivity index (χ2n) is 7.43. The molecule has 1 saturated heterocycles. The Morgan fingerprint density at radius 2 is 1.96 bits per heavy atom. The lowest BCUT2D eigenvalue weighted by atomic mass is 9.96. The van der Waals surface area contributed by atoms with Crippen LogP contribution in [0.2, 0.25) is 0 Å². The number of hydrogen-bond acceptors (Lipinski definition) is 4. The molecule has 1 atom stereocenters. The molecule has 5 nitrogen and oxygen atoms in total. The normalized spacial score (nSPS) is 16.3. The van der Waals surface area contributed by atoms with E-state index in [-0.39, 0.29) is 11.8 Å². The number of aromatic nitrogens is 1. The first-order chi connectivity index (χ1) is 13.1. The predicted molar refractivity (Wildman–Crippen MR) is 110 cm³/mol. The van der Waals surface area contributed by atoms with Crippen molar-refractivity contribution < 1.29 is 4.79 Å². The Hall–Kier alpha value is -2.40. The van der Waals surface area contributed by atoms with Gasteiger partial charge in [-0.05, 0) is 43.4 Å². The summed E-state index contributed by atoms with van der Waals surface area (Å²) in [5.41, 5.74) is 8.04. The molecule has 3 N–H and O–H groups in total. The minimum atomic E-state index is -0.176. The van der Waals surface area contributed by atoms with E-state index in [2.05, 4.69) is 58.5 Å². The highest BCUT2D eigenvalue weighted by atomic mass is 16.1. The smallest absolute Gasteiger partial charge is 0.220 e. The van der Waals surface area contributed by atoms with Crippen LogP contribution in [0, 0.1) is 5.92 Å². The average Bonchev–Trinajstić information content (AvgIpc) is 2.72. The number of pyridine rings is 1. The van der Waals surface area contributed by atoms with E-state index in [1.54, 1.807) is 0 Å². The molecule has 1 aromatic carbocycles. The fraction of sp³-hybridized carbons (Fsp3) is 0.455. The van der Waals surface area contributed by atoms with Gasteiger partial charge in [0, 0.05) is 37.3 Å². The molecule has 0 spiro atoms. The number of carbonyl (C=O) groups excluding carboxylic acids is 1. The first kappa shape index (κ1) is 19.4. The van der Waals surface area contributed by atoms with E-state index in [0.717, 1.165) is 51.3 Å². The zero-order valence-electron chi connectivity index (χ0n) is 16.1. The Kier molecular flexibility index (Phi) is 6.82. The van der Waals surface area contributed by atoms with Crippen molar-refractivity contribution in [2.75, 3.05) is 24.5 Å². The van der Waals surface area contributed by atoms with E-state index >= 15 is 0 Å². The predicted octanol–water partition coefficient (Wildman–Crippen LogP) is 3.07. The molecule has 27 heavy (non-hydrogen) atoms. The van der Waals surface area contributed by atoms with Gasteiger partial charge in [0.2, 0.25) is 5.91 Å². The van der Waals surface area contributed by atoms with E-state index in [0.29, 0.717) is 5.92 Å². The second-order valence-corrected chi connectivity index (χ2v) is 7.43. The second kappa shape index (κ2) is 9.51. The topological polar surface area (TPSA) is 71.2 Å². The lowest BCUT2D eigenvalue weighted by Gasteiger charge is -2.32. The number of piperidine rings is 1. The molecule has 3 rings (SSSR count). The van der Waals surface area contributed by atoms with Crippen LogP contribution in [0.1, 0.15) is 43.2 Å². The third-order valence-corrected chi connectivity index (χ3v) is 5.50. The van der Waals surface area contributed by atoms with Crippen molar-refractivity contribution >= 4 is 11.7 Å². The van der Waals surface area contributed by atoms with Crippen LogP contribution in [0.15, 0.2) is 48.7 Å². The van der Waals surface area contributed by atoms with Gasteiger partial charge in [-0.2, -0.15) is 0 Å². The van der Waals surface area contributed by atoms with Crippen molar-refractivity contribution in [1.29, 1.82) is 0 Å². The van der Waals surface area contributed by atoms with Crippen LogP contribution in [0.5, 0.6) is 0 Å². The Morgan fingerprint density at radius 1 is 1.22 bits per heavy atom. The van der Waals surface area contributed by atoms with Gasteiger partial charge in [0.15, 0.2) is 0 Å². The number of benzene rings is 1. The highest BCUT2D eigenvalue weighted by molar-refractivity contribution is 5.77. The average molecular weight is 367 g/mol. The minimum Gasteiger partial charge on any atom is -0.369 e.